The van der Waals surface area contributed by atoms with E-state index < -0.39 is 33.3 Å². The van der Waals surface area contributed by atoms with Gasteiger partial charge in [-0.3, -0.25) is 14.1 Å². The highest BCUT2D eigenvalue weighted by Crippen LogP contribution is 2.49. The lowest BCUT2D eigenvalue weighted by atomic mass is 9.83. The minimum atomic E-state index is -4.49. The molecule has 2 amide bonds. The van der Waals surface area contributed by atoms with Gasteiger partial charge in [-0.25, -0.2) is 9.37 Å². The van der Waals surface area contributed by atoms with Gasteiger partial charge in [-0.15, -0.1) is 5.06 Å². The monoisotopic (exact) mass is 1090 g/mol. The summed E-state index contributed by atoms with van der Waals surface area (Å²) in [5.41, 5.74) is 5.60. The molecule has 0 bridgehead atoms. The van der Waals surface area contributed by atoms with Gasteiger partial charge >= 0.3 is 5.97 Å². The van der Waals surface area contributed by atoms with E-state index >= 15 is 0 Å². The number of anilines is 1. The molecule has 6 rings (SSSR count). The number of hydrogen-bond acceptors (Lipinski definition) is 16. The third kappa shape index (κ3) is 17.9. The highest BCUT2D eigenvalue weighted by molar-refractivity contribution is 7.85. The predicted molar refractivity (Wildman–Crippen MR) is 289 cm³/mol. The molecular formula is C57H76N3O16S+. The first-order valence-electron chi connectivity index (χ1n) is 26.2. The maximum atomic E-state index is 12.5. The Labute approximate surface area is 452 Å². The van der Waals surface area contributed by atoms with Crippen LogP contribution in [0.5, 0.6) is 0 Å². The van der Waals surface area contributed by atoms with Crippen molar-refractivity contribution in [2.24, 2.45) is 0 Å². The van der Waals surface area contributed by atoms with E-state index in [1.807, 2.05) is 63.3 Å². The molecule has 2 aromatic rings. The number of allylic oxidation sites excluding steroid dienone is 3. The summed E-state index contributed by atoms with van der Waals surface area (Å²) >= 11 is 0. The maximum absolute atomic E-state index is 12.5. The number of unbranched alkanes of at least 4 members (excludes halogenated alkanes) is 2. The second-order valence-electron chi connectivity index (χ2n) is 18.9. The number of hydrogen-bond donors (Lipinski definition) is 1. The summed E-state index contributed by atoms with van der Waals surface area (Å²) in [7, 11) is -1.22. The van der Waals surface area contributed by atoms with Gasteiger partial charge in [0.1, 0.15) is 24.7 Å². The Hall–Kier alpha value is -5.65. The summed E-state index contributed by atoms with van der Waals surface area (Å²) in [6.07, 6.45) is 7.66. The van der Waals surface area contributed by atoms with Crippen molar-refractivity contribution in [1.29, 1.82) is 0 Å². The van der Waals surface area contributed by atoms with E-state index in [9.17, 15) is 27.4 Å². The summed E-state index contributed by atoms with van der Waals surface area (Å²) in [5.74, 6) is -0.398. The highest BCUT2D eigenvalue weighted by atomic mass is 32.2. The molecule has 1 saturated heterocycles. The Morgan fingerprint density at radius 2 is 1.30 bits per heavy atom. The molecule has 0 atom stereocenters. The lowest BCUT2D eigenvalue weighted by Gasteiger charge is -2.27. The molecule has 1 fully saturated rings. The van der Waals surface area contributed by atoms with Crippen molar-refractivity contribution in [1.82, 2.24) is 9.64 Å². The van der Waals surface area contributed by atoms with Crippen molar-refractivity contribution in [3.8, 4) is 22.5 Å². The van der Waals surface area contributed by atoms with Gasteiger partial charge in [0.25, 0.3) is 21.9 Å². The fraction of sp³-hybridized carbons (Fsp3) is 0.509. The van der Waals surface area contributed by atoms with Gasteiger partial charge in [-0.05, 0) is 72.9 Å². The van der Waals surface area contributed by atoms with Gasteiger partial charge in [0, 0.05) is 74.0 Å². The largest absolute Gasteiger partial charge is 0.456 e. The van der Waals surface area contributed by atoms with Crippen LogP contribution in [-0.4, -0.2) is 162 Å². The van der Waals surface area contributed by atoms with Crippen LogP contribution in [-0.2, 0) is 72.6 Å². The molecule has 0 spiro atoms. The Morgan fingerprint density at radius 1 is 0.727 bits per heavy atom. The van der Waals surface area contributed by atoms with Crippen molar-refractivity contribution in [3.63, 3.8) is 0 Å². The molecule has 19 nitrogen and oxygen atoms in total. The van der Waals surface area contributed by atoms with Gasteiger partial charge in [-0.2, -0.15) is 8.42 Å². The van der Waals surface area contributed by atoms with Crippen LogP contribution in [0.2, 0.25) is 0 Å². The van der Waals surface area contributed by atoms with E-state index in [4.69, 9.17) is 47.1 Å². The van der Waals surface area contributed by atoms with E-state index in [1.54, 1.807) is 20.3 Å². The average Bonchev–Trinajstić information content (AvgIpc) is 3.90. The lowest BCUT2D eigenvalue weighted by molar-refractivity contribution is -0.197. The molecular weight excluding hydrogens is 1010 g/mol. The van der Waals surface area contributed by atoms with E-state index in [2.05, 4.69) is 33.7 Å². The molecule has 0 radical (unpaired) electrons. The van der Waals surface area contributed by atoms with Crippen LogP contribution < -0.4 is 14.8 Å². The van der Waals surface area contributed by atoms with E-state index in [-0.39, 0.29) is 24.2 Å². The van der Waals surface area contributed by atoms with Crippen molar-refractivity contribution < 1.29 is 74.5 Å². The van der Waals surface area contributed by atoms with Crippen molar-refractivity contribution in [2.75, 3.05) is 131 Å². The van der Waals surface area contributed by atoms with Gasteiger partial charge < -0.3 is 52.0 Å². The summed E-state index contributed by atoms with van der Waals surface area (Å²) in [6, 6.07) is 21.0. The molecule has 0 saturated carbocycles. The van der Waals surface area contributed by atoms with E-state index in [0.29, 0.717) is 148 Å². The van der Waals surface area contributed by atoms with Crippen LogP contribution in [0, 0.1) is 6.92 Å². The van der Waals surface area contributed by atoms with Gasteiger partial charge in [0.05, 0.1) is 90.2 Å². The predicted octanol–water partition coefficient (Wildman–Crippen LogP) is 6.63. The zero-order valence-corrected chi connectivity index (χ0v) is 46.0. The van der Waals surface area contributed by atoms with Gasteiger partial charge in [0.15, 0.2) is 13.1 Å². The first-order valence-corrected chi connectivity index (χ1v) is 27.7. The van der Waals surface area contributed by atoms with Gasteiger partial charge in [-0.1, -0.05) is 56.7 Å². The Kier molecular flexibility index (Phi) is 24.4. The number of imide groups is 1. The van der Waals surface area contributed by atoms with Crippen LogP contribution >= 0.6 is 0 Å². The number of nitrogens with zero attached hydrogens (tertiary/aromatic N) is 3. The molecule has 0 unspecified atom stereocenters. The Morgan fingerprint density at radius 3 is 1.87 bits per heavy atom. The second-order valence-corrected chi connectivity index (χ2v) is 20.3. The Bertz CT molecular complexity index is 2710. The standard InChI is InChI=1S/C57H75N3O16S/c1-43-50(15-12-16-52-57(2,3)48-42-46(77(64,65)66)19-21-49(48)59(52)24-11-7-10-17-55(63)76-60-53(61)22-23-54(60)62)75-51-41-45(18-20-47(51)56(43)44-13-8-6-9-14-44)58(25-27-69-33-35-73-39-37-71-31-29-67-4)26-28-70-34-36-74-40-38-72-32-30-68-5/h6,8-9,12-16,18-21,41-42H,7,10-11,17,22-40H2,1-5H3/p+1. The molecule has 0 aromatic heterocycles. The molecule has 2 aromatic carbocycles. The topological polar surface area (TPSA) is 211 Å². The van der Waals surface area contributed by atoms with Crippen LogP contribution in [0.1, 0.15) is 69.3 Å². The molecule has 77 heavy (non-hydrogen) atoms. The highest BCUT2D eigenvalue weighted by Gasteiger charge is 2.40. The fourth-order valence-electron chi connectivity index (χ4n) is 9.05. The number of rotatable bonds is 35. The molecule has 4 aliphatic rings. The van der Waals surface area contributed by atoms with Crippen LogP contribution in [0.25, 0.3) is 28.5 Å². The Balaban J connectivity index is 1.25. The number of benzene rings is 3. The fourth-order valence-corrected chi connectivity index (χ4v) is 9.55. The SMILES string of the molecule is COCCOCCOCCOCC[N+](CCOCCOCCOCCOC)=c1ccc2c(-c3ccccc3)c(C)c(/C=C/C=C3/N(CCCCCC(=O)ON4C(=O)CCC4=O)c4ccc(S(=O)(=O)O)cc4C3(C)C)oc-2c1. The quantitative estimate of drug-likeness (QED) is 0.0222. The average molecular weight is 1090 g/mol. The number of ether oxygens (including phenoxy) is 8. The molecule has 20 heteroatoms. The number of carbonyl (C=O) groups is 3. The zero-order chi connectivity index (χ0) is 55.0. The normalized spacial score (nSPS) is 15.0. The van der Waals surface area contributed by atoms with Crippen LogP contribution in [0.15, 0.2) is 93.9 Å². The third-order valence-electron chi connectivity index (χ3n) is 13.1. The summed E-state index contributed by atoms with van der Waals surface area (Å²) in [5, 5.41) is 1.48. The summed E-state index contributed by atoms with van der Waals surface area (Å²) in [6.45, 7) is 14.3. The van der Waals surface area contributed by atoms with Crippen molar-refractivity contribution >= 4 is 39.7 Å². The third-order valence-corrected chi connectivity index (χ3v) is 14.0. The van der Waals surface area contributed by atoms with Gasteiger partial charge in [0.2, 0.25) is 5.36 Å². The second kappa shape index (κ2) is 31.1. The van der Waals surface area contributed by atoms with Crippen LogP contribution in [0.4, 0.5) is 5.69 Å². The minimum absolute atomic E-state index is 0.0218. The molecule has 3 aliphatic heterocycles. The number of methoxy groups -OCH3 is 2. The summed E-state index contributed by atoms with van der Waals surface area (Å²) in [4.78, 5) is 43.4. The lowest BCUT2D eigenvalue weighted by Crippen LogP contribution is -2.36. The summed E-state index contributed by atoms with van der Waals surface area (Å²) < 4.78 is 88.2. The molecule has 1 aliphatic carbocycles. The zero-order valence-electron chi connectivity index (χ0n) is 45.2. The van der Waals surface area contributed by atoms with Crippen LogP contribution in [0.3, 0.4) is 0 Å². The van der Waals surface area contributed by atoms with E-state index in [0.717, 1.165) is 44.6 Å². The van der Waals surface area contributed by atoms with E-state index in [1.165, 1.54) is 12.1 Å². The molecule has 3 heterocycles. The number of amides is 2. The number of carbonyl (C=O) groups excluding carboxylic acids is 3. The number of hydroxylamine groups is 2. The molecule has 420 valence electrons. The van der Waals surface area contributed by atoms with Crippen molar-refractivity contribution in [2.45, 2.75) is 69.6 Å². The minimum Gasteiger partial charge on any atom is -0.456 e. The first-order chi connectivity index (χ1) is 37.2. The van der Waals surface area contributed by atoms with Crippen molar-refractivity contribution in [3.05, 3.63) is 107 Å². The number of fused-ring (bicyclic) bond motifs is 2. The first kappa shape index (κ1) is 60.6. The molecule has 1 N–H and O–H groups in total. The maximum Gasteiger partial charge on any atom is 0.333 e. The smallest absolute Gasteiger partial charge is 0.333 e.